The normalized spacial score (nSPS) is 10.4. The molecule has 0 saturated heterocycles. The van der Waals surface area contributed by atoms with Crippen molar-refractivity contribution < 1.29 is 4.92 Å². The van der Waals surface area contributed by atoms with Crippen LogP contribution in [0.1, 0.15) is 5.56 Å². The second kappa shape index (κ2) is 8.34. The molecule has 138 valence electrons. The molecule has 27 heavy (non-hydrogen) atoms. The van der Waals surface area contributed by atoms with Gasteiger partial charge >= 0.3 is 0 Å². The molecule has 1 aromatic heterocycles. The molecule has 0 saturated carbocycles. The predicted octanol–water partition coefficient (Wildman–Crippen LogP) is 4.96. The number of benzene rings is 2. The quantitative estimate of drug-likeness (QED) is 0.344. The minimum atomic E-state index is -0.465. The van der Waals surface area contributed by atoms with Crippen LogP contribution in [0.4, 0.5) is 17.2 Å². The first-order valence-electron chi connectivity index (χ1n) is 7.70. The van der Waals surface area contributed by atoms with Crippen molar-refractivity contribution in [3.63, 3.8) is 0 Å². The Morgan fingerprint density at radius 1 is 1.11 bits per heavy atom. The van der Waals surface area contributed by atoms with E-state index in [9.17, 15) is 10.1 Å². The fourth-order valence-corrected chi connectivity index (χ4v) is 2.81. The highest BCUT2D eigenvalue weighted by molar-refractivity contribution is 7.80. The Kier molecular flexibility index (Phi) is 5.90. The molecular formula is C17H13Cl2N5O2S. The van der Waals surface area contributed by atoms with E-state index >= 15 is 0 Å². The summed E-state index contributed by atoms with van der Waals surface area (Å²) >= 11 is 17.3. The van der Waals surface area contributed by atoms with Gasteiger partial charge < -0.3 is 10.6 Å². The number of thiocarbonyl (C=S) groups is 1. The number of aromatic nitrogens is 2. The average molecular weight is 422 g/mol. The Bertz CT molecular complexity index is 974. The maximum atomic E-state index is 10.7. The molecule has 1 heterocycles. The molecule has 0 radical (unpaired) electrons. The van der Waals surface area contributed by atoms with Crippen molar-refractivity contribution in [2.45, 2.75) is 6.54 Å². The SMILES string of the molecule is O=[N+]([O-])c1ccc(NC(=S)Nc2nn(Cc3ccc(Cl)cc3)cc2Cl)cc1. The van der Waals surface area contributed by atoms with Crippen LogP contribution in [0.15, 0.2) is 54.7 Å². The van der Waals surface area contributed by atoms with Gasteiger partial charge in [-0.3, -0.25) is 14.8 Å². The number of nitro groups is 1. The van der Waals surface area contributed by atoms with Crippen LogP contribution in [0.3, 0.4) is 0 Å². The summed E-state index contributed by atoms with van der Waals surface area (Å²) in [6.45, 7) is 0.529. The summed E-state index contributed by atoms with van der Waals surface area (Å²) in [4.78, 5) is 10.2. The summed E-state index contributed by atoms with van der Waals surface area (Å²) in [6.07, 6.45) is 1.69. The van der Waals surface area contributed by atoms with E-state index in [1.54, 1.807) is 23.0 Å². The van der Waals surface area contributed by atoms with Gasteiger partial charge in [0.15, 0.2) is 10.9 Å². The fourth-order valence-electron chi connectivity index (χ4n) is 2.28. The summed E-state index contributed by atoms with van der Waals surface area (Å²) in [7, 11) is 0. The maximum Gasteiger partial charge on any atom is 0.269 e. The van der Waals surface area contributed by atoms with Gasteiger partial charge in [-0.2, -0.15) is 5.10 Å². The molecule has 0 amide bonds. The van der Waals surface area contributed by atoms with Crippen molar-refractivity contribution in [1.29, 1.82) is 0 Å². The smallest absolute Gasteiger partial charge is 0.269 e. The van der Waals surface area contributed by atoms with Crippen LogP contribution >= 0.6 is 35.4 Å². The van der Waals surface area contributed by atoms with Gasteiger partial charge in [0.1, 0.15) is 5.02 Å². The standard InChI is InChI=1S/C17H13Cl2N5O2S/c18-12-3-1-11(2-4-12)9-23-10-15(19)16(22-23)21-17(27)20-13-5-7-14(8-6-13)24(25)26/h1-8,10H,9H2,(H2,20,21,22,27). The van der Waals surface area contributed by atoms with Crippen molar-refractivity contribution in [1.82, 2.24) is 9.78 Å². The number of rotatable bonds is 5. The Labute approximate surface area is 170 Å². The van der Waals surface area contributed by atoms with Crippen LogP contribution in [-0.4, -0.2) is 19.8 Å². The lowest BCUT2D eigenvalue weighted by Gasteiger charge is -2.08. The molecule has 3 rings (SSSR count). The van der Waals surface area contributed by atoms with E-state index in [0.717, 1.165) is 5.56 Å². The maximum absolute atomic E-state index is 10.7. The molecule has 10 heteroatoms. The van der Waals surface area contributed by atoms with Crippen molar-refractivity contribution >= 4 is 57.7 Å². The lowest BCUT2D eigenvalue weighted by atomic mass is 10.2. The van der Waals surface area contributed by atoms with E-state index in [2.05, 4.69) is 15.7 Å². The minimum absolute atomic E-state index is 0.00316. The number of anilines is 2. The topological polar surface area (TPSA) is 85.0 Å². The molecule has 0 fully saturated rings. The van der Waals surface area contributed by atoms with Crippen LogP contribution < -0.4 is 10.6 Å². The molecular weight excluding hydrogens is 409 g/mol. The molecule has 2 aromatic carbocycles. The number of nitrogens with one attached hydrogen (secondary N) is 2. The first-order chi connectivity index (χ1) is 12.9. The summed E-state index contributed by atoms with van der Waals surface area (Å²) in [5, 5.41) is 22.2. The van der Waals surface area contributed by atoms with E-state index in [4.69, 9.17) is 35.4 Å². The number of non-ortho nitro benzene ring substituents is 1. The van der Waals surface area contributed by atoms with Crippen LogP contribution in [0.2, 0.25) is 10.0 Å². The Morgan fingerprint density at radius 3 is 2.41 bits per heavy atom. The van der Waals surface area contributed by atoms with Gasteiger partial charge in [-0.25, -0.2) is 0 Å². The molecule has 0 spiro atoms. The van der Waals surface area contributed by atoms with Crippen molar-refractivity contribution in [3.8, 4) is 0 Å². The second-order valence-electron chi connectivity index (χ2n) is 5.53. The number of nitro benzene ring substituents is 1. The Hall–Kier alpha value is -2.68. The highest BCUT2D eigenvalue weighted by Gasteiger charge is 2.10. The molecule has 2 N–H and O–H groups in total. The number of halogens is 2. The number of nitrogens with zero attached hydrogens (tertiary/aromatic N) is 3. The van der Waals surface area contributed by atoms with E-state index in [0.29, 0.717) is 28.1 Å². The van der Waals surface area contributed by atoms with Crippen LogP contribution in [-0.2, 0) is 6.54 Å². The summed E-state index contributed by atoms with van der Waals surface area (Å²) in [5.74, 6) is 0.407. The third kappa shape index (κ3) is 5.16. The molecule has 0 unspecified atom stereocenters. The van der Waals surface area contributed by atoms with Crippen LogP contribution in [0, 0.1) is 10.1 Å². The lowest BCUT2D eigenvalue weighted by Crippen LogP contribution is -2.19. The van der Waals surface area contributed by atoms with Crippen molar-refractivity contribution in [3.05, 3.63) is 80.5 Å². The number of hydrogen-bond acceptors (Lipinski definition) is 4. The van der Waals surface area contributed by atoms with Gasteiger partial charge in [0, 0.05) is 29.0 Å². The molecule has 0 bridgehead atoms. The van der Waals surface area contributed by atoms with Gasteiger partial charge in [0.2, 0.25) is 0 Å². The average Bonchev–Trinajstić information content (AvgIpc) is 2.96. The first kappa shape index (κ1) is 19.1. The zero-order chi connectivity index (χ0) is 19.4. The largest absolute Gasteiger partial charge is 0.332 e. The molecule has 0 aliphatic heterocycles. The van der Waals surface area contributed by atoms with Crippen LogP contribution in [0.25, 0.3) is 0 Å². The predicted molar refractivity (Wildman–Crippen MR) is 111 cm³/mol. The molecule has 0 atom stereocenters. The van der Waals surface area contributed by atoms with Crippen molar-refractivity contribution in [2.24, 2.45) is 0 Å². The zero-order valence-electron chi connectivity index (χ0n) is 13.7. The minimum Gasteiger partial charge on any atom is -0.332 e. The second-order valence-corrected chi connectivity index (χ2v) is 6.78. The zero-order valence-corrected chi connectivity index (χ0v) is 16.1. The van der Waals surface area contributed by atoms with E-state index in [1.165, 1.54) is 12.1 Å². The Morgan fingerprint density at radius 2 is 1.78 bits per heavy atom. The summed E-state index contributed by atoms with van der Waals surface area (Å²) in [5.41, 5.74) is 1.63. The Balaban J connectivity index is 1.63. The summed E-state index contributed by atoms with van der Waals surface area (Å²) in [6, 6.07) is 13.3. The highest BCUT2D eigenvalue weighted by Crippen LogP contribution is 2.21. The fraction of sp³-hybridized carbons (Fsp3) is 0.0588. The first-order valence-corrected chi connectivity index (χ1v) is 8.87. The van der Waals surface area contributed by atoms with Gasteiger partial charge in [-0.15, -0.1) is 0 Å². The lowest BCUT2D eigenvalue weighted by molar-refractivity contribution is -0.384. The molecule has 0 aliphatic rings. The third-order valence-electron chi connectivity index (χ3n) is 3.54. The van der Waals surface area contributed by atoms with E-state index in [-0.39, 0.29) is 10.8 Å². The van der Waals surface area contributed by atoms with Gasteiger partial charge in [0.05, 0.1) is 11.5 Å². The van der Waals surface area contributed by atoms with E-state index in [1.807, 2.05) is 24.3 Å². The molecule has 7 nitrogen and oxygen atoms in total. The highest BCUT2D eigenvalue weighted by atomic mass is 35.5. The van der Waals surface area contributed by atoms with Gasteiger partial charge in [0.25, 0.3) is 5.69 Å². The monoisotopic (exact) mass is 421 g/mol. The van der Waals surface area contributed by atoms with Crippen LogP contribution in [0.5, 0.6) is 0 Å². The molecule has 0 aliphatic carbocycles. The number of hydrogen-bond donors (Lipinski definition) is 2. The van der Waals surface area contributed by atoms with Crippen molar-refractivity contribution in [2.75, 3.05) is 10.6 Å². The molecule has 3 aromatic rings. The summed E-state index contributed by atoms with van der Waals surface area (Å²) < 4.78 is 1.68. The van der Waals surface area contributed by atoms with Gasteiger partial charge in [-0.1, -0.05) is 35.3 Å². The van der Waals surface area contributed by atoms with E-state index < -0.39 is 4.92 Å². The third-order valence-corrected chi connectivity index (χ3v) is 4.28. The van der Waals surface area contributed by atoms with Gasteiger partial charge in [-0.05, 0) is 42.0 Å².